The SMILES string of the molecule is c1cc2c(cc1-n1cncc1[C@@H]1CCCN1)CCC2. The van der Waals surface area contributed by atoms with Gasteiger partial charge in [0.05, 0.1) is 18.2 Å². The van der Waals surface area contributed by atoms with Crippen molar-refractivity contribution in [2.24, 2.45) is 0 Å². The lowest BCUT2D eigenvalue weighted by Gasteiger charge is -2.14. The minimum absolute atomic E-state index is 0.468. The van der Waals surface area contributed by atoms with Gasteiger partial charge in [0.15, 0.2) is 0 Å². The van der Waals surface area contributed by atoms with Crippen LogP contribution in [0.15, 0.2) is 30.7 Å². The number of nitrogens with one attached hydrogen (secondary N) is 1. The summed E-state index contributed by atoms with van der Waals surface area (Å²) in [5.74, 6) is 0. The van der Waals surface area contributed by atoms with E-state index in [1.807, 2.05) is 12.5 Å². The van der Waals surface area contributed by atoms with Crippen molar-refractivity contribution < 1.29 is 0 Å². The van der Waals surface area contributed by atoms with Crippen LogP contribution in [0.4, 0.5) is 0 Å². The molecule has 1 aliphatic heterocycles. The molecule has 2 aromatic rings. The van der Waals surface area contributed by atoms with Crippen molar-refractivity contribution in [2.45, 2.75) is 38.1 Å². The van der Waals surface area contributed by atoms with E-state index in [1.54, 1.807) is 0 Å². The Bertz CT molecular complexity index is 594. The van der Waals surface area contributed by atoms with Crippen LogP contribution in [-0.2, 0) is 12.8 Å². The lowest BCUT2D eigenvalue weighted by Crippen LogP contribution is -2.16. The zero-order valence-electron chi connectivity index (χ0n) is 11.1. The Morgan fingerprint density at radius 2 is 2.11 bits per heavy atom. The largest absolute Gasteiger partial charge is 0.309 e. The zero-order valence-corrected chi connectivity index (χ0v) is 11.1. The predicted octanol–water partition coefficient (Wildman–Crippen LogP) is 2.79. The van der Waals surface area contributed by atoms with E-state index in [1.165, 1.54) is 54.6 Å². The van der Waals surface area contributed by atoms with Crippen LogP contribution < -0.4 is 5.32 Å². The van der Waals surface area contributed by atoms with Gasteiger partial charge in [0, 0.05) is 11.7 Å². The fraction of sp³-hybridized carbons (Fsp3) is 0.438. The summed E-state index contributed by atoms with van der Waals surface area (Å²) in [4.78, 5) is 4.36. The number of nitrogens with zero attached hydrogens (tertiary/aromatic N) is 2. The van der Waals surface area contributed by atoms with Gasteiger partial charge in [-0.25, -0.2) is 4.98 Å². The van der Waals surface area contributed by atoms with E-state index >= 15 is 0 Å². The minimum atomic E-state index is 0.468. The summed E-state index contributed by atoms with van der Waals surface area (Å²) in [6.07, 6.45) is 10.2. The van der Waals surface area contributed by atoms with Crippen molar-refractivity contribution in [1.29, 1.82) is 0 Å². The van der Waals surface area contributed by atoms with Gasteiger partial charge in [0.2, 0.25) is 0 Å². The third-order valence-corrected chi connectivity index (χ3v) is 4.44. The maximum Gasteiger partial charge on any atom is 0.0994 e. The zero-order chi connectivity index (χ0) is 12.7. The molecule has 1 aliphatic carbocycles. The number of hydrogen-bond donors (Lipinski definition) is 1. The third-order valence-electron chi connectivity index (χ3n) is 4.44. The molecule has 0 saturated carbocycles. The third kappa shape index (κ3) is 1.89. The predicted molar refractivity (Wildman–Crippen MR) is 75.6 cm³/mol. The molecule has 1 aromatic heterocycles. The molecule has 0 amide bonds. The molecule has 98 valence electrons. The topological polar surface area (TPSA) is 29.9 Å². The normalized spacial score (nSPS) is 21.8. The Kier molecular flexibility index (Phi) is 2.66. The van der Waals surface area contributed by atoms with Gasteiger partial charge in [-0.15, -0.1) is 0 Å². The second-order valence-electron chi connectivity index (χ2n) is 5.64. The molecule has 0 radical (unpaired) electrons. The lowest BCUT2D eigenvalue weighted by molar-refractivity contribution is 0.615. The average Bonchev–Trinajstić information content (AvgIpc) is 3.18. The number of aromatic nitrogens is 2. The first-order valence-corrected chi connectivity index (χ1v) is 7.29. The molecular formula is C16H19N3. The van der Waals surface area contributed by atoms with Crippen LogP contribution in [0.2, 0.25) is 0 Å². The molecule has 1 saturated heterocycles. The highest BCUT2D eigenvalue weighted by atomic mass is 15.1. The number of imidazole rings is 1. The Labute approximate surface area is 113 Å². The monoisotopic (exact) mass is 253 g/mol. The molecule has 0 spiro atoms. The molecule has 19 heavy (non-hydrogen) atoms. The van der Waals surface area contributed by atoms with Crippen molar-refractivity contribution in [2.75, 3.05) is 6.54 Å². The maximum atomic E-state index is 4.36. The standard InChI is InChI=1S/C16H19N3/c1-3-12-6-7-14(9-13(12)4-1)19-11-17-10-16(19)15-5-2-8-18-15/h6-7,9-11,15,18H,1-5,8H2/t15-/m0/s1. The summed E-state index contributed by atoms with van der Waals surface area (Å²) in [7, 11) is 0. The molecule has 1 aromatic carbocycles. The van der Waals surface area contributed by atoms with Gasteiger partial charge in [0.1, 0.15) is 0 Å². The second kappa shape index (κ2) is 4.49. The highest BCUT2D eigenvalue weighted by Crippen LogP contribution is 2.28. The van der Waals surface area contributed by atoms with E-state index in [2.05, 4.69) is 33.1 Å². The molecule has 1 atom stereocenters. The molecule has 4 rings (SSSR count). The van der Waals surface area contributed by atoms with Crippen LogP contribution in [0.25, 0.3) is 5.69 Å². The molecular weight excluding hydrogens is 234 g/mol. The summed E-state index contributed by atoms with van der Waals surface area (Å²) in [6.45, 7) is 1.13. The van der Waals surface area contributed by atoms with Gasteiger partial charge in [-0.3, -0.25) is 0 Å². The summed E-state index contributed by atoms with van der Waals surface area (Å²) in [5, 5.41) is 3.56. The van der Waals surface area contributed by atoms with Gasteiger partial charge in [-0.05, 0) is 61.9 Å². The molecule has 1 fully saturated rings. The van der Waals surface area contributed by atoms with E-state index in [0.717, 1.165) is 6.54 Å². The number of fused-ring (bicyclic) bond motifs is 1. The van der Waals surface area contributed by atoms with Gasteiger partial charge in [-0.2, -0.15) is 0 Å². The lowest BCUT2D eigenvalue weighted by atomic mass is 10.1. The van der Waals surface area contributed by atoms with Crippen LogP contribution >= 0.6 is 0 Å². The number of aryl methyl sites for hydroxylation is 2. The van der Waals surface area contributed by atoms with Gasteiger partial charge >= 0.3 is 0 Å². The Morgan fingerprint density at radius 3 is 3.00 bits per heavy atom. The van der Waals surface area contributed by atoms with Crippen molar-refractivity contribution in [3.63, 3.8) is 0 Å². The van der Waals surface area contributed by atoms with Crippen LogP contribution in [0.5, 0.6) is 0 Å². The van der Waals surface area contributed by atoms with Crippen LogP contribution in [0.3, 0.4) is 0 Å². The fourth-order valence-corrected chi connectivity index (χ4v) is 3.42. The van der Waals surface area contributed by atoms with Gasteiger partial charge in [0.25, 0.3) is 0 Å². The highest BCUT2D eigenvalue weighted by molar-refractivity contribution is 5.44. The number of hydrogen-bond acceptors (Lipinski definition) is 2. The van der Waals surface area contributed by atoms with E-state index in [-0.39, 0.29) is 0 Å². The molecule has 1 N–H and O–H groups in total. The van der Waals surface area contributed by atoms with E-state index in [4.69, 9.17) is 0 Å². The van der Waals surface area contributed by atoms with Crippen LogP contribution in [0.1, 0.15) is 42.1 Å². The maximum absolute atomic E-state index is 4.36. The Balaban J connectivity index is 1.74. The van der Waals surface area contributed by atoms with Crippen molar-refractivity contribution >= 4 is 0 Å². The van der Waals surface area contributed by atoms with Gasteiger partial charge < -0.3 is 9.88 Å². The Morgan fingerprint density at radius 1 is 1.16 bits per heavy atom. The summed E-state index contributed by atoms with van der Waals surface area (Å²) >= 11 is 0. The number of benzene rings is 1. The summed E-state index contributed by atoms with van der Waals surface area (Å²) in [6, 6.07) is 7.35. The fourth-order valence-electron chi connectivity index (χ4n) is 3.42. The smallest absolute Gasteiger partial charge is 0.0994 e. The van der Waals surface area contributed by atoms with Gasteiger partial charge in [-0.1, -0.05) is 6.07 Å². The first kappa shape index (κ1) is 11.2. The van der Waals surface area contributed by atoms with Crippen molar-refractivity contribution in [3.8, 4) is 5.69 Å². The second-order valence-corrected chi connectivity index (χ2v) is 5.64. The van der Waals surface area contributed by atoms with E-state index in [0.29, 0.717) is 6.04 Å². The quantitative estimate of drug-likeness (QED) is 0.892. The van der Waals surface area contributed by atoms with E-state index in [9.17, 15) is 0 Å². The summed E-state index contributed by atoms with van der Waals surface area (Å²) < 4.78 is 2.25. The molecule has 2 heterocycles. The molecule has 3 heteroatoms. The Hall–Kier alpha value is -1.61. The van der Waals surface area contributed by atoms with Crippen LogP contribution in [0, 0.1) is 0 Å². The molecule has 3 nitrogen and oxygen atoms in total. The average molecular weight is 253 g/mol. The summed E-state index contributed by atoms with van der Waals surface area (Å²) in [5.41, 5.74) is 5.62. The molecule has 0 bridgehead atoms. The molecule has 2 aliphatic rings. The molecule has 0 unspecified atom stereocenters. The van der Waals surface area contributed by atoms with E-state index < -0.39 is 0 Å². The van der Waals surface area contributed by atoms with Crippen LogP contribution in [-0.4, -0.2) is 16.1 Å². The highest BCUT2D eigenvalue weighted by Gasteiger charge is 2.21. The number of rotatable bonds is 2. The van der Waals surface area contributed by atoms with Crippen molar-refractivity contribution in [1.82, 2.24) is 14.9 Å². The first-order chi connectivity index (χ1) is 9.42. The minimum Gasteiger partial charge on any atom is -0.309 e. The van der Waals surface area contributed by atoms with Crippen molar-refractivity contribution in [3.05, 3.63) is 47.5 Å². The first-order valence-electron chi connectivity index (χ1n) is 7.29.